The standard InChI is InChI=1S/C12H18O/c1-9-6-7-10-4-3-5-11(13)12(10,2)8-9/h6,10H,3-5,7-8H2,1-2H3. The Morgan fingerprint density at radius 1 is 1.54 bits per heavy atom. The molecule has 2 atom stereocenters. The minimum atomic E-state index is -0.00289. The monoisotopic (exact) mass is 178 g/mol. The van der Waals surface area contributed by atoms with Crippen LogP contribution in [0, 0.1) is 11.3 Å². The van der Waals surface area contributed by atoms with E-state index < -0.39 is 0 Å². The van der Waals surface area contributed by atoms with Crippen LogP contribution < -0.4 is 0 Å². The average Bonchev–Trinajstić information content (AvgIpc) is 2.07. The van der Waals surface area contributed by atoms with E-state index in [9.17, 15) is 4.79 Å². The fourth-order valence-electron chi connectivity index (χ4n) is 2.96. The van der Waals surface area contributed by atoms with Crippen molar-refractivity contribution < 1.29 is 4.79 Å². The molecule has 1 fully saturated rings. The minimum Gasteiger partial charge on any atom is -0.299 e. The van der Waals surface area contributed by atoms with E-state index in [1.165, 1.54) is 12.0 Å². The summed E-state index contributed by atoms with van der Waals surface area (Å²) in [4.78, 5) is 11.9. The average molecular weight is 178 g/mol. The van der Waals surface area contributed by atoms with E-state index in [2.05, 4.69) is 19.9 Å². The molecule has 0 aliphatic heterocycles. The molecular formula is C12H18O. The lowest BCUT2D eigenvalue weighted by atomic mass is 9.60. The zero-order chi connectivity index (χ0) is 9.47. The smallest absolute Gasteiger partial charge is 0.139 e. The molecule has 0 aromatic rings. The van der Waals surface area contributed by atoms with Gasteiger partial charge in [-0.2, -0.15) is 0 Å². The molecule has 2 aliphatic rings. The maximum absolute atomic E-state index is 11.9. The normalized spacial score (nSPS) is 39.7. The summed E-state index contributed by atoms with van der Waals surface area (Å²) in [7, 11) is 0. The molecule has 0 spiro atoms. The van der Waals surface area contributed by atoms with Crippen LogP contribution in [0.5, 0.6) is 0 Å². The molecule has 0 aromatic carbocycles. The molecular weight excluding hydrogens is 160 g/mol. The first-order valence-electron chi connectivity index (χ1n) is 5.32. The van der Waals surface area contributed by atoms with Gasteiger partial charge in [0.15, 0.2) is 0 Å². The number of ketones is 1. The molecule has 0 bridgehead atoms. The van der Waals surface area contributed by atoms with Crippen molar-refractivity contribution in [3.8, 4) is 0 Å². The fraction of sp³-hybridized carbons (Fsp3) is 0.750. The van der Waals surface area contributed by atoms with Crippen LogP contribution in [0.4, 0.5) is 0 Å². The first-order chi connectivity index (χ1) is 6.13. The lowest BCUT2D eigenvalue weighted by Gasteiger charge is -2.42. The van der Waals surface area contributed by atoms with E-state index in [1.807, 2.05) is 0 Å². The van der Waals surface area contributed by atoms with E-state index in [4.69, 9.17) is 0 Å². The Bertz CT molecular complexity index is 264. The van der Waals surface area contributed by atoms with Crippen LogP contribution in [0.3, 0.4) is 0 Å². The summed E-state index contributed by atoms with van der Waals surface area (Å²) in [5.41, 5.74) is 1.41. The quantitative estimate of drug-likeness (QED) is 0.521. The number of rotatable bonds is 0. The number of hydrogen-bond acceptors (Lipinski definition) is 1. The highest BCUT2D eigenvalue weighted by Crippen LogP contribution is 2.47. The summed E-state index contributed by atoms with van der Waals surface area (Å²) in [6.45, 7) is 4.33. The predicted octanol–water partition coefficient (Wildman–Crippen LogP) is 3.10. The Kier molecular flexibility index (Phi) is 2.05. The van der Waals surface area contributed by atoms with Gasteiger partial charge in [-0.25, -0.2) is 0 Å². The number of carbonyl (C=O) groups is 1. The van der Waals surface area contributed by atoms with Crippen molar-refractivity contribution in [2.75, 3.05) is 0 Å². The molecule has 2 rings (SSSR count). The van der Waals surface area contributed by atoms with Gasteiger partial charge < -0.3 is 0 Å². The third-order valence-corrected chi connectivity index (χ3v) is 3.89. The van der Waals surface area contributed by atoms with Gasteiger partial charge in [0.1, 0.15) is 5.78 Å². The minimum absolute atomic E-state index is 0.00289. The number of allylic oxidation sites excluding steroid dienone is 2. The van der Waals surface area contributed by atoms with Gasteiger partial charge in [0.05, 0.1) is 0 Å². The maximum atomic E-state index is 11.9. The lowest BCUT2D eigenvalue weighted by Crippen LogP contribution is -2.41. The molecule has 72 valence electrons. The van der Waals surface area contributed by atoms with Crippen LogP contribution in [-0.2, 0) is 4.79 Å². The molecule has 13 heavy (non-hydrogen) atoms. The largest absolute Gasteiger partial charge is 0.299 e. The molecule has 0 saturated heterocycles. The summed E-state index contributed by atoms with van der Waals surface area (Å²) in [5.74, 6) is 1.15. The maximum Gasteiger partial charge on any atom is 0.139 e. The number of Topliss-reactive ketones (excluding diaryl/α,β-unsaturated/α-hetero) is 1. The number of hydrogen-bond donors (Lipinski definition) is 0. The van der Waals surface area contributed by atoms with Crippen LogP contribution in [0.25, 0.3) is 0 Å². The Morgan fingerprint density at radius 3 is 3.08 bits per heavy atom. The Morgan fingerprint density at radius 2 is 2.31 bits per heavy atom. The van der Waals surface area contributed by atoms with Gasteiger partial charge in [0, 0.05) is 11.8 Å². The first-order valence-corrected chi connectivity index (χ1v) is 5.32. The molecule has 2 aliphatic carbocycles. The van der Waals surface area contributed by atoms with E-state index in [-0.39, 0.29) is 5.41 Å². The zero-order valence-corrected chi connectivity index (χ0v) is 8.60. The second-order valence-electron chi connectivity index (χ2n) is 4.89. The van der Waals surface area contributed by atoms with Crippen LogP contribution in [0.15, 0.2) is 11.6 Å². The van der Waals surface area contributed by atoms with Crippen molar-refractivity contribution in [2.24, 2.45) is 11.3 Å². The third-order valence-electron chi connectivity index (χ3n) is 3.89. The van der Waals surface area contributed by atoms with Gasteiger partial charge in [0.2, 0.25) is 0 Å². The van der Waals surface area contributed by atoms with Crippen LogP contribution >= 0.6 is 0 Å². The Hall–Kier alpha value is -0.590. The molecule has 0 heterocycles. The SMILES string of the molecule is CC1=CCC2CCCC(=O)C2(C)C1. The van der Waals surface area contributed by atoms with Gasteiger partial charge in [-0.1, -0.05) is 18.6 Å². The molecule has 0 N–H and O–H groups in total. The van der Waals surface area contributed by atoms with Crippen molar-refractivity contribution in [1.82, 2.24) is 0 Å². The van der Waals surface area contributed by atoms with E-state index in [0.29, 0.717) is 11.7 Å². The predicted molar refractivity (Wildman–Crippen MR) is 53.4 cm³/mol. The van der Waals surface area contributed by atoms with Crippen LogP contribution in [-0.4, -0.2) is 5.78 Å². The molecule has 1 nitrogen and oxygen atoms in total. The summed E-state index contributed by atoms with van der Waals surface area (Å²) in [6, 6.07) is 0. The molecule has 0 aromatic heterocycles. The van der Waals surface area contributed by atoms with Crippen LogP contribution in [0.2, 0.25) is 0 Å². The second kappa shape index (κ2) is 2.97. The first kappa shape index (κ1) is 8.98. The van der Waals surface area contributed by atoms with E-state index >= 15 is 0 Å². The van der Waals surface area contributed by atoms with Gasteiger partial charge in [0.25, 0.3) is 0 Å². The van der Waals surface area contributed by atoms with E-state index in [1.54, 1.807) is 0 Å². The van der Waals surface area contributed by atoms with Gasteiger partial charge in [-0.05, 0) is 38.5 Å². The van der Waals surface area contributed by atoms with Crippen molar-refractivity contribution in [3.05, 3.63) is 11.6 Å². The number of fused-ring (bicyclic) bond motifs is 1. The number of carbonyl (C=O) groups excluding carboxylic acids is 1. The highest BCUT2D eigenvalue weighted by atomic mass is 16.1. The molecule has 1 heteroatoms. The van der Waals surface area contributed by atoms with Crippen molar-refractivity contribution in [2.45, 2.75) is 46.0 Å². The summed E-state index contributed by atoms with van der Waals surface area (Å²) >= 11 is 0. The lowest BCUT2D eigenvalue weighted by molar-refractivity contribution is -0.134. The van der Waals surface area contributed by atoms with Crippen molar-refractivity contribution >= 4 is 5.78 Å². The topological polar surface area (TPSA) is 17.1 Å². The summed E-state index contributed by atoms with van der Waals surface area (Å²) in [5, 5.41) is 0. The summed E-state index contributed by atoms with van der Waals surface area (Å²) < 4.78 is 0. The van der Waals surface area contributed by atoms with Gasteiger partial charge in [-0.15, -0.1) is 0 Å². The molecule has 2 unspecified atom stereocenters. The van der Waals surface area contributed by atoms with Crippen molar-refractivity contribution in [3.63, 3.8) is 0 Å². The van der Waals surface area contributed by atoms with Crippen molar-refractivity contribution in [1.29, 1.82) is 0 Å². The zero-order valence-electron chi connectivity index (χ0n) is 8.60. The highest BCUT2D eigenvalue weighted by molar-refractivity contribution is 5.86. The van der Waals surface area contributed by atoms with Gasteiger partial charge in [-0.3, -0.25) is 4.79 Å². The fourth-order valence-corrected chi connectivity index (χ4v) is 2.96. The van der Waals surface area contributed by atoms with E-state index in [0.717, 1.165) is 25.7 Å². The Labute approximate surface area is 80.2 Å². The Balaban J connectivity index is 2.29. The van der Waals surface area contributed by atoms with Gasteiger partial charge >= 0.3 is 0 Å². The molecule has 0 radical (unpaired) electrons. The highest BCUT2D eigenvalue weighted by Gasteiger charge is 2.43. The van der Waals surface area contributed by atoms with Crippen LogP contribution in [0.1, 0.15) is 46.0 Å². The molecule has 1 saturated carbocycles. The summed E-state index contributed by atoms with van der Waals surface area (Å²) in [6.07, 6.45) is 7.66. The second-order valence-corrected chi connectivity index (χ2v) is 4.89. The third kappa shape index (κ3) is 1.34. The molecule has 0 amide bonds.